The second-order valence-electron chi connectivity index (χ2n) is 5.96. The number of ether oxygens (including phenoxy) is 1. The van der Waals surface area contributed by atoms with Gasteiger partial charge in [-0.05, 0) is 33.6 Å². The second-order valence-corrected chi connectivity index (χ2v) is 5.96. The number of alkyl carbamates (subject to hydrolysis) is 1. The SMILES string of the molecule is CC(CO)NC(=O)C(NC(=O)OC(C)(C)C)C(C)C. The van der Waals surface area contributed by atoms with Gasteiger partial charge in [-0.1, -0.05) is 13.8 Å². The summed E-state index contributed by atoms with van der Waals surface area (Å²) in [5.41, 5.74) is -0.611. The summed E-state index contributed by atoms with van der Waals surface area (Å²) in [7, 11) is 0. The van der Waals surface area contributed by atoms with Crippen molar-refractivity contribution in [1.82, 2.24) is 10.6 Å². The fraction of sp³-hybridized carbons (Fsp3) is 0.846. The first-order chi connectivity index (χ1) is 8.56. The first-order valence-corrected chi connectivity index (χ1v) is 6.47. The lowest BCUT2D eigenvalue weighted by Gasteiger charge is -2.26. The van der Waals surface area contributed by atoms with Crippen LogP contribution in [0.1, 0.15) is 41.5 Å². The van der Waals surface area contributed by atoms with E-state index in [1.165, 1.54) is 0 Å². The standard InChI is InChI=1S/C13H26N2O4/c1-8(2)10(11(17)14-9(3)7-16)15-12(18)19-13(4,5)6/h8-10,16H,7H2,1-6H3,(H,14,17)(H,15,18). The number of amides is 2. The van der Waals surface area contributed by atoms with Crippen molar-refractivity contribution >= 4 is 12.0 Å². The van der Waals surface area contributed by atoms with Crippen molar-refractivity contribution in [3.63, 3.8) is 0 Å². The number of hydrogen-bond acceptors (Lipinski definition) is 4. The highest BCUT2D eigenvalue weighted by Crippen LogP contribution is 2.09. The molecule has 0 spiro atoms. The molecule has 0 aromatic carbocycles. The molecule has 0 aromatic heterocycles. The van der Waals surface area contributed by atoms with Crippen LogP contribution in [0.3, 0.4) is 0 Å². The predicted octanol–water partition coefficient (Wildman–Crippen LogP) is 1.03. The van der Waals surface area contributed by atoms with Crippen LogP contribution < -0.4 is 10.6 Å². The molecule has 0 bridgehead atoms. The Morgan fingerprint density at radius 2 is 1.68 bits per heavy atom. The Morgan fingerprint density at radius 1 is 1.16 bits per heavy atom. The van der Waals surface area contributed by atoms with Crippen LogP contribution in [-0.2, 0) is 9.53 Å². The average molecular weight is 274 g/mol. The highest BCUT2D eigenvalue weighted by Gasteiger charge is 2.27. The largest absolute Gasteiger partial charge is 0.444 e. The van der Waals surface area contributed by atoms with Gasteiger partial charge in [-0.2, -0.15) is 0 Å². The number of carbonyl (C=O) groups is 2. The van der Waals surface area contributed by atoms with Crippen LogP contribution in [0.4, 0.5) is 4.79 Å². The van der Waals surface area contributed by atoms with E-state index in [1.807, 2.05) is 13.8 Å². The maximum Gasteiger partial charge on any atom is 0.408 e. The van der Waals surface area contributed by atoms with Gasteiger partial charge in [0, 0.05) is 6.04 Å². The van der Waals surface area contributed by atoms with Gasteiger partial charge < -0.3 is 20.5 Å². The summed E-state index contributed by atoms with van der Waals surface area (Å²) in [5, 5.41) is 14.1. The normalized spacial score (nSPS) is 14.7. The van der Waals surface area contributed by atoms with E-state index in [2.05, 4.69) is 10.6 Å². The van der Waals surface area contributed by atoms with Gasteiger partial charge in [-0.3, -0.25) is 4.79 Å². The summed E-state index contributed by atoms with van der Waals surface area (Å²) in [6.45, 7) is 10.4. The molecule has 0 radical (unpaired) electrons. The highest BCUT2D eigenvalue weighted by molar-refractivity contribution is 5.86. The van der Waals surface area contributed by atoms with E-state index in [1.54, 1.807) is 27.7 Å². The third kappa shape index (κ3) is 7.66. The Bertz CT molecular complexity index is 310. The summed E-state index contributed by atoms with van der Waals surface area (Å²) in [5.74, 6) is -0.416. The lowest BCUT2D eigenvalue weighted by atomic mass is 10.0. The number of aliphatic hydroxyl groups excluding tert-OH is 1. The molecule has 0 aliphatic rings. The number of carbonyl (C=O) groups excluding carboxylic acids is 2. The van der Waals surface area contributed by atoms with E-state index in [9.17, 15) is 9.59 Å². The maximum absolute atomic E-state index is 12.0. The summed E-state index contributed by atoms with van der Waals surface area (Å²) in [4.78, 5) is 23.6. The van der Waals surface area contributed by atoms with Crippen molar-refractivity contribution in [2.24, 2.45) is 5.92 Å². The molecular weight excluding hydrogens is 248 g/mol. The van der Waals surface area contributed by atoms with E-state index >= 15 is 0 Å². The van der Waals surface area contributed by atoms with Gasteiger partial charge in [0.15, 0.2) is 0 Å². The molecule has 2 unspecified atom stereocenters. The number of hydrogen-bond donors (Lipinski definition) is 3. The van der Waals surface area contributed by atoms with Gasteiger partial charge in [0.1, 0.15) is 11.6 Å². The van der Waals surface area contributed by atoms with Crippen molar-refractivity contribution in [2.75, 3.05) is 6.61 Å². The van der Waals surface area contributed by atoms with Crippen LogP contribution in [0.2, 0.25) is 0 Å². The lowest BCUT2D eigenvalue weighted by molar-refractivity contribution is -0.125. The molecule has 0 fully saturated rings. The molecule has 3 N–H and O–H groups in total. The van der Waals surface area contributed by atoms with Crippen molar-refractivity contribution in [1.29, 1.82) is 0 Å². The minimum absolute atomic E-state index is 0.0848. The smallest absolute Gasteiger partial charge is 0.408 e. The highest BCUT2D eigenvalue weighted by atomic mass is 16.6. The summed E-state index contributed by atoms with van der Waals surface area (Å²) < 4.78 is 5.12. The Morgan fingerprint density at radius 3 is 2.05 bits per heavy atom. The van der Waals surface area contributed by atoms with Crippen LogP contribution in [0.25, 0.3) is 0 Å². The molecule has 0 aliphatic carbocycles. The van der Waals surface area contributed by atoms with Gasteiger partial charge in [0.2, 0.25) is 5.91 Å². The molecule has 6 nitrogen and oxygen atoms in total. The number of nitrogens with one attached hydrogen (secondary N) is 2. The predicted molar refractivity (Wildman–Crippen MR) is 72.7 cm³/mol. The summed E-state index contributed by atoms with van der Waals surface area (Å²) in [6.07, 6.45) is -0.627. The van der Waals surface area contributed by atoms with Gasteiger partial charge in [0.25, 0.3) is 0 Å². The average Bonchev–Trinajstić information content (AvgIpc) is 2.22. The molecule has 6 heteroatoms. The Kier molecular flexibility index (Phi) is 6.83. The molecule has 0 saturated heterocycles. The Labute approximate surface area is 114 Å². The minimum atomic E-state index is -0.691. The monoisotopic (exact) mass is 274 g/mol. The van der Waals surface area contributed by atoms with Crippen molar-refractivity contribution in [3.05, 3.63) is 0 Å². The topological polar surface area (TPSA) is 87.7 Å². The Hall–Kier alpha value is -1.30. The fourth-order valence-corrected chi connectivity index (χ4v) is 1.35. The zero-order valence-corrected chi connectivity index (χ0v) is 12.6. The van der Waals surface area contributed by atoms with E-state index in [0.29, 0.717) is 0 Å². The first kappa shape index (κ1) is 17.7. The van der Waals surface area contributed by atoms with E-state index in [-0.39, 0.29) is 24.5 Å². The molecule has 0 saturated carbocycles. The third-order valence-electron chi connectivity index (χ3n) is 2.28. The van der Waals surface area contributed by atoms with Crippen LogP contribution in [0.5, 0.6) is 0 Å². The lowest BCUT2D eigenvalue weighted by Crippen LogP contribution is -2.53. The molecule has 0 aliphatic heterocycles. The molecule has 0 heterocycles. The van der Waals surface area contributed by atoms with Gasteiger partial charge in [-0.25, -0.2) is 4.79 Å². The van der Waals surface area contributed by atoms with Gasteiger partial charge in [0.05, 0.1) is 6.61 Å². The fourth-order valence-electron chi connectivity index (χ4n) is 1.35. The molecule has 0 rings (SSSR count). The summed E-state index contributed by atoms with van der Waals surface area (Å²) >= 11 is 0. The van der Waals surface area contributed by atoms with Gasteiger partial charge >= 0.3 is 6.09 Å². The van der Waals surface area contributed by atoms with Crippen molar-refractivity contribution in [2.45, 2.75) is 59.2 Å². The molecule has 2 atom stereocenters. The zero-order chi connectivity index (χ0) is 15.2. The Balaban J connectivity index is 4.58. The molecule has 112 valence electrons. The minimum Gasteiger partial charge on any atom is -0.444 e. The maximum atomic E-state index is 12.0. The molecule has 0 aromatic rings. The van der Waals surface area contributed by atoms with Crippen LogP contribution in [-0.4, -0.2) is 41.4 Å². The van der Waals surface area contributed by atoms with Crippen LogP contribution >= 0.6 is 0 Å². The summed E-state index contributed by atoms with van der Waals surface area (Å²) in [6, 6.07) is -1.04. The number of aliphatic hydroxyl groups is 1. The van der Waals surface area contributed by atoms with Gasteiger partial charge in [-0.15, -0.1) is 0 Å². The van der Waals surface area contributed by atoms with Crippen LogP contribution in [0, 0.1) is 5.92 Å². The second kappa shape index (κ2) is 7.33. The molecule has 2 amide bonds. The third-order valence-corrected chi connectivity index (χ3v) is 2.28. The molecular formula is C13H26N2O4. The van der Waals surface area contributed by atoms with E-state index in [4.69, 9.17) is 9.84 Å². The van der Waals surface area contributed by atoms with Crippen molar-refractivity contribution in [3.8, 4) is 0 Å². The molecule has 19 heavy (non-hydrogen) atoms. The number of rotatable bonds is 5. The van der Waals surface area contributed by atoms with E-state index < -0.39 is 17.7 Å². The van der Waals surface area contributed by atoms with Crippen molar-refractivity contribution < 1.29 is 19.4 Å². The zero-order valence-electron chi connectivity index (χ0n) is 12.6. The van der Waals surface area contributed by atoms with Crippen LogP contribution in [0.15, 0.2) is 0 Å². The quantitative estimate of drug-likeness (QED) is 0.699. The van der Waals surface area contributed by atoms with E-state index in [0.717, 1.165) is 0 Å². The first-order valence-electron chi connectivity index (χ1n) is 6.47.